The van der Waals surface area contributed by atoms with Gasteiger partial charge < -0.3 is 10.1 Å². The van der Waals surface area contributed by atoms with Crippen molar-refractivity contribution < 1.29 is 9.53 Å². The Morgan fingerprint density at radius 3 is 2.41 bits per heavy atom. The lowest BCUT2D eigenvalue weighted by molar-refractivity contribution is 0.102. The minimum Gasteiger partial charge on any atom is -0.439 e. The summed E-state index contributed by atoms with van der Waals surface area (Å²) in [7, 11) is 0. The van der Waals surface area contributed by atoms with Crippen LogP contribution in [0.4, 0.5) is 5.69 Å². The molecule has 0 unspecified atom stereocenters. The van der Waals surface area contributed by atoms with Crippen molar-refractivity contribution in [3.8, 4) is 17.4 Å². The number of hydrogen-bond donors (Lipinski definition) is 1. The molecule has 0 atom stereocenters. The minimum atomic E-state index is -0.158. The lowest BCUT2D eigenvalue weighted by atomic mass is 10.1. The summed E-state index contributed by atoms with van der Waals surface area (Å²) in [4.78, 5) is 24.9. The van der Waals surface area contributed by atoms with E-state index in [0.29, 0.717) is 28.7 Å². The van der Waals surface area contributed by atoms with Crippen LogP contribution in [-0.4, -0.2) is 25.4 Å². The van der Waals surface area contributed by atoms with E-state index in [4.69, 9.17) is 4.74 Å². The number of carbonyl (C=O) groups excluding carboxylic acids is 1. The Balaban J connectivity index is 1.44. The molecule has 4 aromatic rings. The fourth-order valence-corrected chi connectivity index (χ4v) is 2.77. The number of aromatic nitrogens is 4. The van der Waals surface area contributed by atoms with Crippen molar-refractivity contribution >= 4 is 11.6 Å². The van der Waals surface area contributed by atoms with Crippen molar-refractivity contribution in [1.82, 2.24) is 19.5 Å². The van der Waals surface area contributed by atoms with E-state index in [9.17, 15) is 4.79 Å². The zero-order chi connectivity index (χ0) is 20.2. The van der Waals surface area contributed by atoms with Gasteiger partial charge in [0.25, 0.3) is 5.91 Å². The summed E-state index contributed by atoms with van der Waals surface area (Å²) in [5, 5.41) is 2.87. The molecule has 2 heterocycles. The first kappa shape index (κ1) is 18.4. The number of aryl methyl sites for hydroxylation is 2. The normalized spacial score (nSPS) is 10.6. The van der Waals surface area contributed by atoms with Gasteiger partial charge in [-0.25, -0.2) is 15.0 Å². The van der Waals surface area contributed by atoms with E-state index < -0.39 is 0 Å². The highest BCUT2D eigenvalue weighted by Gasteiger charge is 2.08. The Morgan fingerprint density at radius 2 is 1.72 bits per heavy atom. The minimum absolute atomic E-state index is 0.158. The molecule has 2 aromatic heterocycles. The Kier molecular flexibility index (Phi) is 5.03. The van der Waals surface area contributed by atoms with Gasteiger partial charge in [0.1, 0.15) is 23.7 Å². The number of anilines is 1. The topological polar surface area (TPSA) is 81.9 Å². The van der Waals surface area contributed by atoms with Crippen LogP contribution in [0.5, 0.6) is 11.6 Å². The Hall–Kier alpha value is -4.00. The van der Waals surface area contributed by atoms with Gasteiger partial charge in [-0.05, 0) is 50.2 Å². The van der Waals surface area contributed by atoms with Gasteiger partial charge in [0.15, 0.2) is 0 Å². The molecule has 0 saturated carbocycles. The highest BCUT2D eigenvalue weighted by atomic mass is 16.5. The SMILES string of the molecule is Cc1ccc(C(=O)Nc2ccc(Oc3cc(-n4ccnc4C)ncn3)cc2)cc1. The Morgan fingerprint density at radius 1 is 0.966 bits per heavy atom. The van der Waals surface area contributed by atoms with Gasteiger partial charge >= 0.3 is 0 Å². The average Bonchev–Trinajstić information content (AvgIpc) is 3.16. The number of ether oxygens (including phenoxy) is 1. The molecule has 0 bridgehead atoms. The molecule has 7 heteroatoms. The van der Waals surface area contributed by atoms with Crippen LogP contribution < -0.4 is 10.1 Å². The molecular formula is C22H19N5O2. The molecule has 0 radical (unpaired) electrons. The average molecular weight is 385 g/mol. The molecule has 1 amide bonds. The molecule has 1 N–H and O–H groups in total. The third-order valence-electron chi connectivity index (χ3n) is 4.35. The zero-order valence-electron chi connectivity index (χ0n) is 16.0. The van der Waals surface area contributed by atoms with Gasteiger partial charge in [-0.2, -0.15) is 0 Å². The van der Waals surface area contributed by atoms with E-state index in [-0.39, 0.29) is 5.91 Å². The van der Waals surface area contributed by atoms with Crippen LogP contribution in [0.3, 0.4) is 0 Å². The van der Waals surface area contributed by atoms with Gasteiger partial charge in [-0.1, -0.05) is 17.7 Å². The molecule has 144 valence electrons. The second-order valence-electron chi connectivity index (χ2n) is 6.51. The Labute approximate surface area is 168 Å². The second-order valence-corrected chi connectivity index (χ2v) is 6.51. The van der Waals surface area contributed by atoms with Crippen molar-refractivity contribution in [2.45, 2.75) is 13.8 Å². The van der Waals surface area contributed by atoms with Crippen LogP contribution in [-0.2, 0) is 0 Å². The number of carbonyl (C=O) groups is 1. The summed E-state index contributed by atoms with van der Waals surface area (Å²) in [5.74, 6) is 2.36. The maximum atomic E-state index is 12.3. The summed E-state index contributed by atoms with van der Waals surface area (Å²) in [6, 6.07) is 16.3. The highest BCUT2D eigenvalue weighted by Crippen LogP contribution is 2.23. The summed E-state index contributed by atoms with van der Waals surface area (Å²) < 4.78 is 7.66. The fraction of sp³-hybridized carbons (Fsp3) is 0.0909. The van der Waals surface area contributed by atoms with Crippen LogP contribution in [0.15, 0.2) is 73.3 Å². The molecule has 0 fully saturated rings. The van der Waals surface area contributed by atoms with Crippen LogP contribution in [0.2, 0.25) is 0 Å². The monoisotopic (exact) mass is 385 g/mol. The first-order valence-corrected chi connectivity index (χ1v) is 9.07. The predicted molar refractivity (Wildman–Crippen MR) is 110 cm³/mol. The molecule has 29 heavy (non-hydrogen) atoms. The second kappa shape index (κ2) is 7.93. The Bertz CT molecular complexity index is 1130. The van der Waals surface area contributed by atoms with E-state index in [1.807, 2.05) is 36.7 Å². The van der Waals surface area contributed by atoms with Crippen molar-refractivity contribution in [3.63, 3.8) is 0 Å². The number of benzene rings is 2. The van der Waals surface area contributed by atoms with Gasteiger partial charge in [0.05, 0.1) is 0 Å². The summed E-state index contributed by atoms with van der Waals surface area (Å²) >= 11 is 0. The highest BCUT2D eigenvalue weighted by molar-refractivity contribution is 6.04. The summed E-state index contributed by atoms with van der Waals surface area (Å²) in [5.41, 5.74) is 2.40. The standard InChI is InChI=1S/C22H19N5O2/c1-15-3-5-17(6-4-15)22(28)26-18-7-9-19(10-8-18)29-21-13-20(24-14-25-21)27-12-11-23-16(27)2/h3-14H,1-2H3,(H,26,28). The van der Waals surface area contributed by atoms with Crippen molar-refractivity contribution in [2.75, 3.05) is 5.32 Å². The largest absolute Gasteiger partial charge is 0.439 e. The molecule has 0 saturated heterocycles. The number of nitrogens with one attached hydrogen (secondary N) is 1. The summed E-state index contributed by atoms with van der Waals surface area (Å²) in [6.45, 7) is 3.88. The molecular weight excluding hydrogens is 366 g/mol. The molecule has 0 aliphatic heterocycles. The van der Waals surface area contributed by atoms with Crippen LogP contribution >= 0.6 is 0 Å². The molecule has 2 aromatic carbocycles. The van der Waals surface area contributed by atoms with Gasteiger partial charge in [0, 0.05) is 29.7 Å². The number of nitrogens with zero attached hydrogens (tertiary/aromatic N) is 4. The van der Waals surface area contributed by atoms with Gasteiger partial charge in [0.2, 0.25) is 5.88 Å². The van der Waals surface area contributed by atoms with Crippen molar-refractivity contribution in [2.24, 2.45) is 0 Å². The van der Waals surface area contributed by atoms with Crippen molar-refractivity contribution in [1.29, 1.82) is 0 Å². The smallest absolute Gasteiger partial charge is 0.255 e. The van der Waals surface area contributed by atoms with E-state index in [0.717, 1.165) is 11.4 Å². The number of hydrogen-bond acceptors (Lipinski definition) is 5. The van der Waals surface area contributed by atoms with Gasteiger partial charge in [-0.3, -0.25) is 9.36 Å². The molecule has 0 aliphatic rings. The number of imidazole rings is 1. The number of rotatable bonds is 5. The zero-order valence-corrected chi connectivity index (χ0v) is 16.0. The maximum absolute atomic E-state index is 12.3. The van der Waals surface area contributed by atoms with Gasteiger partial charge in [-0.15, -0.1) is 0 Å². The quantitative estimate of drug-likeness (QED) is 0.553. The van der Waals surface area contributed by atoms with Crippen LogP contribution in [0.1, 0.15) is 21.7 Å². The molecule has 4 rings (SSSR count). The lowest BCUT2D eigenvalue weighted by Gasteiger charge is -2.09. The van der Waals surface area contributed by atoms with E-state index >= 15 is 0 Å². The maximum Gasteiger partial charge on any atom is 0.255 e. The third-order valence-corrected chi connectivity index (χ3v) is 4.35. The molecule has 0 aliphatic carbocycles. The first-order chi connectivity index (χ1) is 14.1. The van der Waals surface area contributed by atoms with E-state index in [1.165, 1.54) is 6.33 Å². The first-order valence-electron chi connectivity index (χ1n) is 9.07. The van der Waals surface area contributed by atoms with Crippen LogP contribution in [0.25, 0.3) is 5.82 Å². The summed E-state index contributed by atoms with van der Waals surface area (Å²) in [6.07, 6.45) is 4.98. The fourth-order valence-electron chi connectivity index (χ4n) is 2.77. The third kappa shape index (κ3) is 4.30. The van der Waals surface area contributed by atoms with E-state index in [1.54, 1.807) is 48.7 Å². The lowest BCUT2D eigenvalue weighted by Crippen LogP contribution is -2.11. The molecule has 7 nitrogen and oxygen atoms in total. The molecule has 0 spiro atoms. The number of amides is 1. The van der Waals surface area contributed by atoms with Crippen LogP contribution in [0, 0.1) is 13.8 Å². The van der Waals surface area contributed by atoms with E-state index in [2.05, 4.69) is 20.3 Å². The predicted octanol–water partition coefficient (Wildman–Crippen LogP) is 4.32. The van der Waals surface area contributed by atoms with Crippen molar-refractivity contribution in [3.05, 3.63) is 90.3 Å².